The minimum atomic E-state index is 0.507. The van der Waals surface area contributed by atoms with Crippen LogP contribution in [0.3, 0.4) is 0 Å². The van der Waals surface area contributed by atoms with Crippen LogP contribution in [0, 0.1) is 0 Å². The van der Waals surface area contributed by atoms with E-state index in [0.717, 1.165) is 42.3 Å². The number of aromatic nitrogens is 1. The molecule has 0 saturated carbocycles. The van der Waals surface area contributed by atoms with E-state index in [4.69, 9.17) is 14.2 Å². The van der Waals surface area contributed by atoms with Gasteiger partial charge in [-0.3, -0.25) is 9.88 Å². The minimum Gasteiger partial charge on any atom is -0.497 e. The summed E-state index contributed by atoms with van der Waals surface area (Å²) in [7, 11) is 1.72. The molecule has 1 unspecified atom stereocenters. The molecule has 0 spiro atoms. The minimum absolute atomic E-state index is 0.507. The third kappa shape index (κ3) is 4.47. The van der Waals surface area contributed by atoms with Crippen LogP contribution in [0.1, 0.15) is 36.8 Å². The summed E-state index contributed by atoms with van der Waals surface area (Å²) in [5.41, 5.74) is 3.67. The van der Waals surface area contributed by atoms with Crippen molar-refractivity contribution in [2.75, 3.05) is 26.9 Å². The smallest absolute Gasteiger partial charge is 0.161 e. The fourth-order valence-corrected chi connectivity index (χ4v) is 4.84. The van der Waals surface area contributed by atoms with E-state index in [0.29, 0.717) is 19.3 Å². The van der Waals surface area contributed by atoms with Gasteiger partial charge < -0.3 is 14.2 Å². The van der Waals surface area contributed by atoms with Crippen molar-refractivity contribution in [1.82, 2.24) is 9.88 Å². The number of hydrogen-bond donors (Lipinski definition) is 0. The van der Waals surface area contributed by atoms with Gasteiger partial charge in [0, 0.05) is 24.2 Å². The van der Waals surface area contributed by atoms with E-state index in [1.807, 2.05) is 12.3 Å². The Morgan fingerprint density at radius 1 is 1.00 bits per heavy atom. The molecule has 1 fully saturated rings. The molecule has 0 aliphatic carbocycles. The van der Waals surface area contributed by atoms with Crippen molar-refractivity contribution >= 4 is 10.9 Å². The maximum Gasteiger partial charge on any atom is 0.161 e. The molecular formula is C26H30N2O3. The number of hydrogen-bond acceptors (Lipinski definition) is 5. The van der Waals surface area contributed by atoms with E-state index in [2.05, 4.69) is 46.3 Å². The molecule has 2 aliphatic heterocycles. The van der Waals surface area contributed by atoms with Gasteiger partial charge in [-0.15, -0.1) is 0 Å². The molecule has 2 aliphatic rings. The zero-order valence-corrected chi connectivity index (χ0v) is 18.2. The van der Waals surface area contributed by atoms with Gasteiger partial charge in [-0.2, -0.15) is 0 Å². The number of pyridine rings is 1. The largest absolute Gasteiger partial charge is 0.497 e. The zero-order chi connectivity index (χ0) is 21.0. The highest BCUT2D eigenvalue weighted by atomic mass is 16.6. The second kappa shape index (κ2) is 9.15. The predicted molar refractivity (Wildman–Crippen MR) is 122 cm³/mol. The fraction of sp³-hybridized carbons (Fsp3) is 0.423. The molecule has 0 N–H and O–H groups in total. The molecule has 0 amide bonds. The Labute approximate surface area is 183 Å². The SMILES string of the molecule is COc1ccc2nccc(CC3CCCCCN3Cc3ccc4c(c3)OCCO4)c2c1. The van der Waals surface area contributed by atoms with Crippen molar-refractivity contribution in [3.8, 4) is 17.2 Å². The molecule has 31 heavy (non-hydrogen) atoms. The van der Waals surface area contributed by atoms with E-state index < -0.39 is 0 Å². The zero-order valence-electron chi connectivity index (χ0n) is 18.2. The lowest BCUT2D eigenvalue weighted by atomic mass is 9.97. The second-order valence-corrected chi connectivity index (χ2v) is 8.51. The summed E-state index contributed by atoms with van der Waals surface area (Å²) in [6.45, 7) is 3.33. The Hall–Kier alpha value is -2.79. The molecule has 5 heteroatoms. The molecule has 0 radical (unpaired) electrons. The van der Waals surface area contributed by atoms with Gasteiger partial charge in [0.1, 0.15) is 19.0 Å². The van der Waals surface area contributed by atoms with Gasteiger partial charge in [0.25, 0.3) is 0 Å². The van der Waals surface area contributed by atoms with Gasteiger partial charge in [-0.05, 0) is 73.3 Å². The van der Waals surface area contributed by atoms with Gasteiger partial charge in [-0.25, -0.2) is 0 Å². The van der Waals surface area contributed by atoms with Crippen molar-refractivity contribution in [3.05, 3.63) is 59.8 Å². The van der Waals surface area contributed by atoms with Crippen LogP contribution < -0.4 is 14.2 Å². The number of fused-ring (bicyclic) bond motifs is 2. The molecule has 2 aromatic carbocycles. The summed E-state index contributed by atoms with van der Waals surface area (Å²) in [5.74, 6) is 2.62. The number of ether oxygens (including phenoxy) is 3. The average molecular weight is 419 g/mol. The second-order valence-electron chi connectivity index (χ2n) is 8.51. The first-order chi connectivity index (χ1) is 15.3. The Kier molecular flexibility index (Phi) is 5.94. The molecule has 1 saturated heterocycles. The van der Waals surface area contributed by atoms with Gasteiger partial charge in [0.05, 0.1) is 12.6 Å². The maximum absolute atomic E-state index is 5.81. The number of rotatable bonds is 5. The highest BCUT2D eigenvalue weighted by Gasteiger charge is 2.23. The molecule has 3 heterocycles. The average Bonchev–Trinajstić information content (AvgIpc) is 3.04. The van der Waals surface area contributed by atoms with E-state index in [9.17, 15) is 0 Å². The Bertz CT molecular complexity index is 1050. The summed E-state index contributed by atoms with van der Waals surface area (Å²) in [5, 5.41) is 1.20. The van der Waals surface area contributed by atoms with Crippen LogP contribution in [0.4, 0.5) is 0 Å². The third-order valence-corrected chi connectivity index (χ3v) is 6.49. The van der Waals surface area contributed by atoms with Crippen LogP contribution in [0.15, 0.2) is 48.7 Å². The normalized spacial score (nSPS) is 19.2. The summed E-state index contributed by atoms with van der Waals surface area (Å²) < 4.78 is 17.0. The third-order valence-electron chi connectivity index (χ3n) is 6.49. The van der Waals surface area contributed by atoms with Crippen LogP contribution in [0.2, 0.25) is 0 Å². The summed E-state index contributed by atoms with van der Waals surface area (Å²) >= 11 is 0. The van der Waals surface area contributed by atoms with Crippen molar-refractivity contribution < 1.29 is 14.2 Å². The number of nitrogens with zero attached hydrogens (tertiary/aromatic N) is 2. The van der Waals surface area contributed by atoms with Gasteiger partial charge in [-0.1, -0.05) is 18.9 Å². The molecular weight excluding hydrogens is 388 g/mol. The number of likely N-dealkylation sites (tertiary alicyclic amines) is 1. The van der Waals surface area contributed by atoms with Crippen LogP contribution in [0.5, 0.6) is 17.2 Å². The fourth-order valence-electron chi connectivity index (χ4n) is 4.84. The molecule has 162 valence electrons. The van der Waals surface area contributed by atoms with Gasteiger partial charge in [0.2, 0.25) is 0 Å². The molecule has 0 bridgehead atoms. The maximum atomic E-state index is 5.81. The standard InChI is InChI=1S/C26H30N2O3/c1-29-22-7-8-24-23(17-22)20(10-11-27-24)16-21-5-3-2-4-12-28(21)18-19-6-9-25-26(15-19)31-14-13-30-25/h6-11,15,17,21H,2-5,12-14,16,18H2,1H3. The highest BCUT2D eigenvalue weighted by molar-refractivity contribution is 5.83. The van der Waals surface area contributed by atoms with Gasteiger partial charge >= 0.3 is 0 Å². The van der Waals surface area contributed by atoms with Gasteiger partial charge in [0.15, 0.2) is 11.5 Å². The van der Waals surface area contributed by atoms with Crippen LogP contribution in [-0.2, 0) is 13.0 Å². The van der Waals surface area contributed by atoms with Crippen molar-refractivity contribution in [3.63, 3.8) is 0 Å². The first-order valence-electron chi connectivity index (χ1n) is 11.3. The first-order valence-corrected chi connectivity index (χ1v) is 11.3. The summed E-state index contributed by atoms with van der Waals surface area (Å²) in [6, 6.07) is 15.2. The monoisotopic (exact) mass is 418 g/mol. The summed E-state index contributed by atoms with van der Waals surface area (Å²) in [6.07, 6.45) is 8.03. The molecule has 5 nitrogen and oxygen atoms in total. The highest BCUT2D eigenvalue weighted by Crippen LogP contribution is 2.32. The van der Waals surface area contributed by atoms with Crippen LogP contribution in [-0.4, -0.2) is 42.8 Å². The lowest BCUT2D eigenvalue weighted by Gasteiger charge is -2.31. The lowest BCUT2D eigenvalue weighted by Crippen LogP contribution is -2.36. The first kappa shape index (κ1) is 20.1. The van der Waals surface area contributed by atoms with E-state index in [1.165, 1.54) is 42.2 Å². The molecule has 1 atom stereocenters. The number of methoxy groups -OCH3 is 1. The van der Waals surface area contributed by atoms with E-state index >= 15 is 0 Å². The quantitative estimate of drug-likeness (QED) is 0.583. The van der Waals surface area contributed by atoms with Crippen molar-refractivity contribution in [2.24, 2.45) is 0 Å². The molecule has 3 aromatic rings. The topological polar surface area (TPSA) is 43.8 Å². The molecule has 1 aromatic heterocycles. The van der Waals surface area contributed by atoms with Crippen molar-refractivity contribution in [1.29, 1.82) is 0 Å². The predicted octanol–water partition coefficient (Wildman–Crippen LogP) is 5.00. The van der Waals surface area contributed by atoms with Crippen LogP contribution >= 0.6 is 0 Å². The number of benzene rings is 2. The van der Waals surface area contributed by atoms with Crippen LogP contribution in [0.25, 0.3) is 10.9 Å². The summed E-state index contributed by atoms with van der Waals surface area (Å²) in [4.78, 5) is 7.22. The van der Waals surface area contributed by atoms with E-state index in [1.54, 1.807) is 7.11 Å². The van der Waals surface area contributed by atoms with E-state index in [-0.39, 0.29) is 0 Å². The Morgan fingerprint density at radius 2 is 1.90 bits per heavy atom. The Balaban J connectivity index is 1.40. The van der Waals surface area contributed by atoms with Crippen molar-refractivity contribution in [2.45, 2.75) is 44.7 Å². The lowest BCUT2D eigenvalue weighted by molar-refractivity contribution is 0.169. The molecule has 5 rings (SSSR count). The Morgan fingerprint density at radius 3 is 2.81 bits per heavy atom.